The Morgan fingerprint density at radius 3 is 2.58 bits per heavy atom. The van der Waals surface area contributed by atoms with Crippen LogP contribution in [0.1, 0.15) is 37.9 Å². The first-order valence-corrected chi connectivity index (χ1v) is 11.9. The van der Waals surface area contributed by atoms with Gasteiger partial charge in [0.15, 0.2) is 0 Å². The molecule has 4 aromatic rings. The Morgan fingerprint density at radius 2 is 1.86 bits per heavy atom. The lowest BCUT2D eigenvalue weighted by molar-refractivity contribution is 0.119. The third-order valence-electron chi connectivity index (χ3n) is 7.22. The monoisotopic (exact) mass is 481 g/mol. The summed E-state index contributed by atoms with van der Waals surface area (Å²) < 4.78 is 2.96. The molecule has 0 radical (unpaired) electrons. The second-order valence-electron chi connectivity index (χ2n) is 9.45. The van der Waals surface area contributed by atoms with Gasteiger partial charge in [-0.05, 0) is 38.5 Å². The quantitative estimate of drug-likeness (QED) is 0.436. The van der Waals surface area contributed by atoms with E-state index in [1.807, 2.05) is 6.07 Å². The average molecular weight is 482 g/mol. The number of hydrogen-bond donors (Lipinski definition) is 0. The number of hydrogen-bond acceptors (Lipinski definition) is 8. The molecule has 1 fully saturated rings. The maximum absolute atomic E-state index is 13.1. The van der Waals surface area contributed by atoms with E-state index < -0.39 is 0 Å². The number of aromatic nitrogens is 5. The van der Waals surface area contributed by atoms with E-state index in [1.165, 1.54) is 14.8 Å². The van der Waals surface area contributed by atoms with Crippen LogP contribution in [0.15, 0.2) is 41.6 Å². The molecule has 1 aliphatic heterocycles. The lowest BCUT2D eigenvalue weighted by Gasteiger charge is -2.47. The molecule has 0 saturated carbocycles. The zero-order valence-electron chi connectivity index (χ0n) is 20.8. The van der Waals surface area contributed by atoms with Gasteiger partial charge in [0.25, 0.3) is 5.56 Å². The van der Waals surface area contributed by atoms with E-state index in [-0.39, 0.29) is 35.8 Å². The standard InChI is InChI=1S/C26H27N9O/c1-16-14-35(25-20(12-28)26(36)32(4)23-15-33(10-7-27)31-24(23)25)17(2)13-34(16)18(3)19-5-6-21-22(11-19)30-9-8-29-21/h5-6,8-9,11,15-18H,10,13-14H2,1-4H3/t16-,17+,18+/m1/s1. The Kier molecular flexibility index (Phi) is 5.91. The Morgan fingerprint density at radius 1 is 1.11 bits per heavy atom. The molecular weight excluding hydrogens is 454 g/mol. The predicted molar refractivity (Wildman–Crippen MR) is 136 cm³/mol. The van der Waals surface area contributed by atoms with Gasteiger partial charge in [0.2, 0.25) is 0 Å². The minimum absolute atomic E-state index is 0.0208. The molecule has 1 aliphatic rings. The summed E-state index contributed by atoms with van der Waals surface area (Å²) in [5.41, 5.74) is 4.36. The van der Waals surface area contributed by atoms with Crippen molar-refractivity contribution in [2.75, 3.05) is 18.0 Å². The van der Waals surface area contributed by atoms with Gasteiger partial charge in [0, 0.05) is 50.7 Å². The van der Waals surface area contributed by atoms with Gasteiger partial charge in [0.1, 0.15) is 23.7 Å². The fraction of sp³-hybridized carbons (Fsp3) is 0.385. The molecule has 36 heavy (non-hydrogen) atoms. The van der Waals surface area contributed by atoms with E-state index in [2.05, 4.69) is 69.9 Å². The summed E-state index contributed by atoms with van der Waals surface area (Å²) in [5.74, 6) is 0. The molecule has 3 atom stereocenters. The number of piperazine rings is 1. The third-order valence-corrected chi connectivity index (χ3v) is 7.22. The van der Waals surface area contributed by atoms with Crippen LogP contribution in [-0.4, -0.2) is 54.4 Å². The summed E-state index contributed by atoms with van der Waals surface area (Å²) in [6.45, 7) is 7.89. The smallest absolute Gasteiger partial charge is 0.271 e. The number of anilines is 1. The second-order valence-corrected chi connectivity index (χ2v) is 9.45. The van der Waals surface area contributed by atoms with Crippen molar-refractivity contribution in [3.63, 3.8) is 0 Å². The van der Waals surface area contributed by atoms with Crippen molar-refractivity contribution in [2.24, 2.45) is 7.05 Å². The van der Waals surface area contributed by atoms with Crippen LogP contribution in [0.3, 0.4) is 0 Å². The Balaban J connectivity index is 1.51. The maximum Gasteiger partial charge on any atom is 0.271 e. The van der Waals surface area contributed by atoms with Gasteiger partial charge in [-0.15, -0.1) is 0 Å². The highest BCUT2D eigenvalue weighted by molar-refractivity contribution is 5.91. The van der Waals surface area contributed by atoms with Crippen molar-refractivity contribution >= 4 is 27.8 Å². The molecule has 4 heterocycles. The first-order chi connectivity index (χ1) is 17.3. The van der Waals surface area contributed by atoms with Crippen LogP contribution < -0.4 is 10.5 Å². The first kappa shape index (κ1) is 23.5. The highest BCUT2D eigenvalue weighted by Gasteiger charge is 2.35. The number of benzene rings is 1. The molecule has 10 nitrogen and oxygen atoms in total. The van der Waals surface area contributed by atoms with E-state index in [4.69, 9.17) is 5.26 Å². The fourth-order valence-electron chi connectivity index (χ4n) is 5.29. The predicted octanol–water partition coefficient (Wildman–Crippen LogP) is 2.73. The van der Waals surface area contributed by atoms with Crippen molar-refractivity contribution < 1.29 is 0 Å². The second kappa shape index (κ2) is 9.06. The van der Waals surface area contributed by atoms with E-state index >= 15 is 0 Å². The fourth-order valence-corrected chi connectivity index (χ4v) is 5.29. The average Bonchev–Trinajstić information content (AvgIpc) is 3.30. The van der Waals surface area contributed by atoms with Crippen LogP contribution in [0.5, 0.6) is 0 Å². The molecule has 0 spiro atoms. The van der Waals surface area contributed by atoms with Crippen LogP contribution >= 0.6 is 0 Å². The highest BCUT2D eigenvalue weighted by atomic mass is 16.1. The molecule has 0 bridgehead atoms. The lowest BCUT2D eigenvalue weighted by Crippen LogP contribution is -2.57. The number of fused-ring (bicyclic) bond motifs is 2. The Hall–Kier alpha value is -4.28. The number of rotatable bonds is 4. The summed E-state index contributed by atoms with van der Waals surface area (Å²) in [6.07, 6.45) is 5.09. The molecule has 0 unspecified atom stereocenters. The van der Waals surface area contributed by atoms with Gasteiger partial charge in [-0.2, -0.15) is 15.6 Å². The van der Waals surface area contributed by atoms with Gasteiger partial charge in [-0.25, -0.2) is 0 Å². The molecule has 0 amide bonds. The number of pyridine rings is 1. The number of aryl methyl sites for hydroxylation is 1. The number of nitriles is 2. The van der Waals surface area contributed by atoms with Crippen molar-refractivity contribution in [2.45, 2.75) is 45.4 Å². The van der Waals surface area contributed by atoms with E-state index in [0.29, 0.717) is 23.3 Å². The normalized spacial score (nSPS) is 19.3. The summed E-state index contributed by atoms with van der Waals surface area (Å²) in [7, 11) is 1.63. The molecule has 1 saturated heterocycles. The van der Waals surface area contributed by atoms with Gasteiger partial charge < -0.3 is 9.47 Å². The zero-order chi connectivity index (χ0) is 25.6. The van der Waals surface area contributed by atoms with Gasteiger partial charge in [-0.3, -0.25) is 24.3 Å². The van der Waals surface area contributed by atoms with Gasteiger partial charge >= 0.3 is 0 Å². The molecule has 5 rings (SSSR count). The summed E-state index contributed by atoms with van der Waals surface area (Å²) in [6, 6.07) is 10.7. The van der Waals surface area contributed by atoms with Gasteiger partial charge in [-0.1, -0.05) is 6.07 Å². The molecule has 0 N–H and O–H groups in total. The largest absolute Gasteiger partial charge is 0.363 e. The Labute approximate surface area is 208 Å². The van der Waals surface area contributed by atoms with Crippen LogP contribution in [0.25, 0.3) is 22.1 Å². The van der Waals surface area contributed by atoms with Crippen LogP contribution in [0.4, 0.5) is 5.69 Å². The Bertz CT molecular complexity index is 1610. The maximum atomic E-state index is 13.1. The van der Waals surface area contributed by atoms with Crippen molar-refractivity contribution in [3.05, 3.63) is 58.3 Å². The summed E-state index contributed by atoms with van der Waals surface area (Å²) in [4.78, 5) is 26.5. The van der Waals surface area contributed by atoms with E-state index in [0.717, 1.165) is 17.6 Å². The van der Waals surface area contributed by atoms with Crippen LogP contribution in [0, 0.1) is 22.7 Å². The topological polar surface area (TPSA) is 120 Å². The van der Waals surface area contributed by atoms with Crippen molar-refractivity contribution in [1.29, 1.82) is 10.5 Å². The molecule has 1 aromatic carbocycles. The SMILES string of the molecule is C[C@@H]1CN(c2c(C#N)c(=O)n(C)c3cn(CC#N)nc23)[C@@H](C)CN1[C@@H](C)c1ccc2nccnc2c1. The zero-order valence-corrected chi connectivity index (χ0v) is 20.8. The minimum Gasteiger partial charge on any atom is -0.363 e. The van der Waals surface area contributed by atoms with Crippen molar-refractivity contribution in [1.82, 2.24) is 29.2 Å². The third kappa shape index (κ3) is 3.76. The molecular formula is C26H27N9O. The summed E-state index contributed by atoms with van der Waals surface area (Å²) >= 11 is 0. The van der Waals surface area contributed by atoms with Gasteiger partial charge in [0.05, 0.1) is 34.5 Å². The van der Waals surface area contributed by atoms with E-state index in [9.17, 15) is 10.1 Å². The minimum atomic E-state index is -0.357. The molecule has 182 valence electrons. The van der Waals surface area contributed by atoms with Crippen LogP contribution in [-0.2, 0) is 13.6 Å². The van der Waals surface area contributed by atoms with Crippen LogP contribution in [0.2, 0.25) is 0 Å². The highest BCUT2D eigenvalue weighted by Crippen LogP contribution is 2.34. The van der Waals surface area contributed by atoms with E-state index in [1.54, 1.807) is 25.6 Å². The molecule has 3 aromatic heterocycles. The van der Waals surface area contributed by atoms with Crippen molar-refractivity contribution in [3.8, 4) is 12.1 Å². The number of nitrogens with zero attached hydrogens (tertiary/aromatic N) is 9. The lowest BCUT2D eigenvalue weighted by atomic mass is 9.99. The first-order valence-electron chi connectivity index (χ1n) is 11.9. The molecule has 10 heteroatoms. The summed E-state index contributed by atoms with van der Waals surface area (Å²) in [5, 5.41) is 23.7. The molecule has 0 aliphatic carbocycles.